The molecular formula is C20H38N3O5P. The molecule has 9 heteroatoms. The van der Waals surface area contributed by atoms with Crippen molar-refractivity contribution in [1.29, 1.82) is 0 Å². The van der Waals surface area contributed by atoms with Gasteiger partial charge in [-0.05, 0) is 43.9 Å². The normalized spacial score (nSPS) is 24.9. The van der Waals surface area contributed by atoms with Crippen LogP contribution in [0.5, 0.6) is 0 Å². The van der Waals surface area contributed by atoms with E-state index < -0.39 is 31.9 Å². The quantitative estimate of drug-likeness (QED) is 0.406. The number of likely N-dealkylation sites (tertiary alicyclic amines) is 1. The van der Waals surface area contributed by atoms with E-state index in [9.17, 15) is 24.2 Å². The molecule has 2 aliphatic rings. The van der Waals surface area contributed by atoms with Gasteiger partial charge >= 0.3 is 0 Å². The first-order chi connectivity index (χ1) is 13.7. The Balaban J connectivity index is 1.86. The van der Waals surface area contributed by atoms with Crippen LogP contribution >= 0.6 is 8.03 Å². The highest BCUT2D eigenvalue weighted by Gasteiger charge is 2.37. The number of nitrogens with two attached hydrogens (primary N) is 1. The summed E-state index contributed by atoms with van der Waals surface area (Å²) in [7, 11) is -2.75. The van der Waals surface area contributed by atoms with Crippen molar-refractivity contribution in [1.82, 2.24) is 10.2 Å². The van der Waals surface area contributed by atoms with E-state index in [4.69, 9.17) is 5.73 Å². The van der Waals surface area contributed by atoms with Gasteiger partial charge < -0.3 is 26.0 Å². The lowest BCUT2D eigenvalue weighted by atomic mass is 9.85. The number of nitrogens with one attached hydrogen (secondary N) is 1. The molecule has 0 aromatic carbocycles. The van der Waals surface area contributed by atoms with Crippen molar-refractivity contribution in [3.63, 3.8) is 0 Å². The maximum atomic E-state index is 12.6. The minimum absolute atomic E-state index is 0.00747. The summed E-state index contributed by atoms with van der Waals surface area (Å²) in [4.78, 5) is 36.5. The number of aliphatic hydroxyl groups is 1. The van der Waals surface area contributed by atoms with Crippen LogP contribution in [0.1, 0.15) is 65.2 Å². The monoisotopic (exact) mass is 431 g/mol. The maximum absolute atomic E-state index is 12.6. The van der Waals surface area contributed by atoms with Gasteiger partial charge in [-0.1, -0.05) is 33.1 Å². The lowest BCUT2D eigenvalue weighted by Crippen LogP contribution is -2.53. The van der Waals surface area contributed by atoms with Crippen LogP contribution in [0.2, 0.25) is 0 Å². The molecule has 1 saturated carbocycles. The third kappa shape index (κ3) is 6.78. The Morgan fingerprint density at radius 2 is 1.83 bits per heavy atom. The summed E-state index contributed by atoms with van der Waals surface area (Å²) in [5, 5.41) is 13.1. The minimum atomic E-state index is -2.75. The summed E-state index contributed by atoms with van der Waals surface area (Å²) in [5.41, 5.74) is 5.56. The summed E-state index contributed by atoms with van der Waals surface area (Å²) in [6.07, 6.45) is 5.79. The molecule has 5 N–H and O–H groups in total. The van der Waals surface area contributed by atoms with E-state index in [0.29, 0.717) is 13.0 Å². The van der Waals surface area contributed by atoms with Gasteiger partial charge in [0.2, 0.25) is 11.8 Å². The smallest absolute Gasteiger partial charge is 0.242 e. The van der Waals surface area contributed by atoms with Crippen molar-refractivity contribution < 1.29 is 24.2 Å². The Kier molecular flexibility index (Phi) is 9.60. The van der Waals surface area contributed by atoms with Gasteiger partial charge in [0.25, 0.3) is 0 Å². The molecule has 2 rings (SSSR count). The number of hydrogen-bond acceptors (Lipinski definition) is 5. The molecular weight excluding hydrogens is 393 g/mol. The highest BCUT2D eigenvalue weighted by Crippen LogP contribution is 2.40. The van der Waals surface area contributed by atoms with E-state index in [-0.39, 0.29) is 36.6 Å². The summed E-state index contributed by atoms with van der Waals surface area (Å²) >= 11 is 0. The molecule has 0 aromatic rings. The Morgan fingerprint density at radius 3 is 2.41 bits per heavy atom. The second kappa shape index (κ2) is 11.4. The molecule has 2 fully saturated rings. The van der Waals surface area contributed by atoms with Gasteiger partial charge in [-0.25, -0.2) is 0 Å². The second-order valence-corrected chi connectivity index (χ2v) is 10.4. The van der Waals surface area contributed by atoms with Gasteiger partial charge in [0, 0.05) is 18.7 Å². The molecule has 168 valence electrons. The molecule has 2 amide bonds. The largest absolute Gasteiger partial charge is 0.391 e. The van der Waals surface area contributed by atoms with Gasteiger partial charge in [0.1, 0.15) is 6.04 Å². The van der Waals surface area contributed by atoms with Gasteiger partial charge in [0.05, 0.1) is 12.1 Å². The Hall–Kier alpha value is -0.950. The highest BCUT2D eigenvalue weighted by atomic mass is 31.1. The number of rotatable bonds is 9. The molecule has 0 spiro atoms. The fourth-order valence-corrected chi connectivity index (χ4v) is 5.73. The summed E-state index contributed by atoms with van der Waals surface area (Å²) in [5.74, 6) is -0.343. The molecule has 8 nitrogen and oxygen atoms in total. The van der Waals surface area contributed by atoms with E-state index in [2.05, 4.69) is 5.32 Å². The van der Waals surface area contributed by atoms with Gasteiger partial charge in [-0.15, -0.1) is 0 Å². The summed E-state index contributed by atoms with van der Waals surface area (Å²) < 4.78 is 11.8. The van der Waals surface area contributed by atoms with E-state index in [0.717, 1.165) is 38.5 Å². The van der Waals surface area contributed by atoms with Crippen molar-refractivity contribution in [2.24, 2.45) is 17.6 Å². The Bertz CT molecular complexity index is 582. The predicted octanol–water partition coefficient (Wildman–Crippen LogP) is 1.24. The van der Waals surface area contributed by atoms with Crippen LogP contribution in [-0.4, -0.2) is 63.7 Å². The zero-order valence-corrected chi connectivity index (χ0v) is 18.7. The van der Waals surface area contributed by atoms with Crippen LogP contribution in [0.15, 0.2) is 0 Å². The molecule has 0 bridgehead atoms. The minimum Gasteiger partial charge on any atom is -0.391 e. The van der Waals surface area contributed by atoms with E-state index in [1.165, 1.54) is 0 Å². The van der Waals surface area contributed by atoms with Crippen molar-refractivity contribution in [3.8, 4) is 0 Å². The average Bonchev–Trinajstić information content (AvgIpc) is 3.19. The first kappa shape index (κ1) is 24.3. The molecule has 0 radical (unpaired) electrons. The Labute approximate surface area is 174 Å². The van der Waals surface area contributed by atoms with Gasteiger partial charge in [-0.3, -0.25) is 14.2 Å². The van der Waals surface area contributed by atoms with Crippen molar-refractivity contribution in [2.45, 2.75) is 89.1 Å². The molecule has 1 saturated heterocycles. The van der Waals surface area contributed by atoms with Crippen molar-refractivity contribution >= 4 is 19.8 Å². The number of amides is 2. The zero-order valence-electron chi connectivity index (χ0n) is 17.7. The molecule has 5 atom stereocenters. The number of carbonyl (C=O) groups is 2. The summed E-state index contributed by atoms with van der Waals surface area (Å²) in [6, 6.07) is -1.20. The molecule has 1 aliphatic carbocycles. The topological polar surface area (TPSA) is 133 Å². The molecule has 0 aromatic heterocycles. The third-order valence-corrected chi connectivity index (χ3v) is 7.76. The van der Waals surface area contributed by atoms with Crippen molar-refractivity contribution in [2.75, 3.05) is 13.1 Å². The first-order valence-corrected chi connectivity index (χ1v) is 12.4. The lowest BCUT2D eigenvalue weighted by Gasteiger charge is -2.30. The van der Waals surface area contributed by atoms with E-state index >= 15 is 0 Å². The Morgan fingerprint density at radius 1 is 1.17 bits per heavy atom. The molecule has 2 unspecified atom stereocenters. The number of nitrogens with zero attached hydrogens (tertiary/aromatic N) is 1. The van der Waals surface area contributed by atoms with Crippen LogP contribution in [0.3, 0.4) is 0 Å². The number of hydrogen-bond donors (Lipinski definition) is 4. The summed E-state index contributed by atoms with van der Waals surface area (Å²) in [6.45, 7) is 4.28. The molecule has 1 heterocycles. The van der Waals surface area contributed by atoms with Gasteiger partial charge in [0.15, 0.2) is 8.03 Å². The van der Waals surface area contributed by atoms with E-state index in [1.807, 2.05) is 13.8 Å². The SMILES string of the molecule is CC(C)[C@H](N)C(=O)N1CCC[C@H]1C(=O)NC[C@H](O)CC(C1CCCCC1)[PH](=O)O. The van der Waals surface area contributed by atoms with Crippen LogP contribution in [0.4, 0.5) is 0 Å². The second-order valence-electron chi connectivity index (χ2n) is 8.94. The standard InChI is InChI=1S/C20H38N3O5P/c1-13(2)18(21)20(26)23-10-6-9-16(23)19(25)22-12-15(24)11-17(29(27)28)14-7-4-3-5-8-14/h13-18,24,29H,3-12,21H2,1-2H3,(H,22,25)(H,27,28)/t15-,16+,17?,18+/m1/s1. The lowest BCUT2D eigenvalue weighted by molar-refractivity contribution is -0.140. The van der Waals surface area contributed by atoms with Crippen molar-refractivity contribution in [3.05, 3.63) is 0 Å². The number of aliphatic hydroxyl groups excluding tert-OH is 1. The maximum Gasteiger partial charge on any atom is 0.242 e. The fraction of sp³-hybridized carbons (Fsp3) is 0.900. The predicted molar refractivity (Wildman–Crippen MR) is 113 cm³/mol. The van der Waals surface area contributed by atoms with Crippen LogP contribution < -0.4 is 11.1 Å². The van der Waals surface area contributed by atoms with Crippen LogP contribution in [-0.2, 0) is 14.2 Å². The van der Waals surface area contributed by atoms with E-state index in [1.54, 1.807) is 4.90 Å². The first-order valence-electron chi connectivity index (χ1n) is 11.0. The third-order valence-electron chi connectivity index (χ3n) is 6.42. The highest BCUT2D eigenvalue weighted by molar-refractivity contribution is 7.38. The molecule has 1 aliphatic heterocycles. The number of carbonyl (C=O) groups excluding carboxylic acids is 2. The zero-order chi connectivity index (χ0) is 21.6. The van der Waals surface area contributed by atoms with Crippen LogP contribution in [0.25, 0.3) is 0 Å². The molecule has 29 heavy (non-hydrogen) atoms. The van der Waals surface area contributed by atoms with Crippen LogP contribution in [0, 0.1) is 11.8 Å². The average molecular weight is 432 g/mol. The van der Waals surface area contributed by atoms with Gasteiger partial charge in [-0.2, -0.15) is 0 Å². The fourth-order valence-electron chi connectivity index (χ4n) is 4.52.